The molecule has 0 atom stereocenters. The second kappa shape index (κ2) is 7.17. The third-order valence-corrected chi connectivity index (χ3v) is 6.05. The van der Waals surface area contributed by atoms with Crippen molar-refractivity contribution < 1.29 is 14.4 Å². The molecule has 0 spiro atoms. The van der Waals surface area contributed by atoms with Gasteiger partial charge in [0.2, 0.25) is 5.78 Å². The number of thiophene rings is 1. The first-order valence-electron chi connectivity index (χ1n) is 9.28. The van der Waals surface area contributed by atoms with Crippen molar-refractivity contribution in [3.63, 3.8) is 0 Å². The largest absolute Gasteiger partial charge is 0.508 e. The van der Waals surface area contributed by atoms with Crippen LogP contribution in [0.3, 0.4) is 0 Å². The standard InChI is InChI=1S/C24H16N2O3S/c25-21-13-19(29-26-21)14-6-8-15(9-7-14)22-18-11-10-17(27)12-20(18)30-24(22)23(28)16-4-2-1-3-5-16/h1-13,27H,(H2,25,26). The Morgan fingerprint density at radius 2 is 1.67 bits per heavy atom. The molecule has 2 heterocycles. The van der Waals surface area contributed by atoms with Gasteiger partial charge in [0.1, 0.15) is 5.75 Å². The van der Waals surface area contributed by atoms with Crippen LogP contribution in [0.25, 0.3) is 32.5 Å². The van der Waals surface area contributed by atoms with E-state index in [2.05, 4.69) is 5.16 Å². The van der Waals surface area contributed by atoms with Crippen molar-refractivity contribution in [2.24, 2.45) is 0 Å². The van der Waals surface area contributed by atoms with Crippen molar-refractivity contribution in [2.45, 2.75) is 0 Å². The summed E-state index contributed by atoms with van der Waals surface area (Å²) in [5.74, 6) is 1.04. The second-order valence-corrected chi connectivity index (χ2v) is 7.93. The fourth-order valence-electron chi connectivity index (χ4n) is 3.48. The lowest BCUT2D eigenvalue weighted by molar-refractivity contribution is 0.104. The Kier molecular flexibility index (Phi) is 4.34. The number of nitrogen functional groups attached to an aromatic ring is 1. The predicted octanol–water partition coefficient (Wildman–Crippen LogP) is 5.74. The fraction of sp³-hybridized carbons (Fsp3) is 0. The maximum Gasteiger partial charge on any atom is 0.203 e. The smallest absolute Gasteiger partial charge is 0.203 e. The van der Waals surface area contributed by atoms with Gasteiger partial charge in [-0.05, 0) is 23.8 Å². The maximum absolute atomic E-state index is 13.3. The number of ketones is 1. The first kappa shape index (κ1) is 18.1. The molecule has 0 bridgehead atoms. The molecule has 2 aromatic heterocycles. The van der Waals surface area contributed by atoms with E-state index in [-0.39, 0.29) is 11.5 Å². The number of aromatic nitrogens is 1. The summed E-state index contributed by atoms with van der Waals surface area (Å²) in [6, 6.07) is 23.8. The molecule has 5 nitrogen and oxygen atoms in total. The molecule has 0 aliphatic rings. The Bertz CT molecular complexity index is 1370. The quantitative estimate of drug-likeness (QED) is 0.367. The number of benzene rings is 3. The van der Waals surface area contributed by atoms with E-state index in [1.54, 1.807) is 18.2 Å². The van der Waals surface area contributed by atoms with Crippen LogP contribution in [0.4, 0.5) is 5.82 Å². The predicted molar refractivity (Wildman–Crippen MR) is 119 cm³/mol. The summed E-state index contributed by atoms with van der Waals surface area (Å²) in [6.07, 6.45) is 0. The number of rotatable bonds is 4. The Morgan fingerprint density at radius 3 is 2.37 bits per heavy atom. The van der Waals surface area contributed by atoms with Gasteiger partial charge < -0.3 is 15.4 Å². The Balaban J connectivity index is 1.66. The van der Waals surface area contributed by atoms with Gasteiger partial charge in [0, 0.05) is 32.8 Å². The average Bonchev–Trinajstić information content (AvgIpc) is 3.37. The molecule has 5 rings (SSSR count). The molecule has 146 valence electrons. The van der Waals surface area contributed by atoms with E-state index < -0.39 is 0 Å². The topological polar surface area (TPSA) is 89.4 Å². The Hall–Kier alpha value is -3.90. The van der Waals surface area contributed by atoms with Crippen molar-refractivity contribution in [2.75, 3.05) is 5.73 Å². The molecular formula is C24H16N2O3S. The van der Waals surface area contributed by atoms with Crippen molar-refractivity contribution in [3.8, 4) is 28.2 Å². The van der Waals surface area contributed by atoms with Gasteiger partial charge in [-0.3, -0.25) is 4.79 Å². The molecule has 0 aliphatic heterocycles. The first-order chi connectivity index (χ1) is 14.6. The lowest BCUT2D eigenvalue weighted by Crippen LogP contribution is -2.00. The third kappa shape index (κ3) is 3.13. The molecule has 5 aromatic rings. The molecule has 0 unspecified atom stereocenters. The summed E-state index contributed by atoms with van der Waals surface area (Å²) in [5.41, 5.74) is 8.88. The average molecular weight is 412 g/mol. The minimum absolute atomic E-state index is 0.0432. The lowest BCUT2D eigenvalue weighted by Gasteiger charge is -2.06. The molecule has 30 heavy (non-hydrogen) atoms. The minimum atomic E-state index is -0.0432. The number of aromatic hydroxyl groups is 1. The molecule has 3 N–H and O–H groups in total. The number of phenols is 1. The molecule has 0 amide bonds. The van der Waals surface area contributed by atoms with E-state index in [1.165, 1.54) is 11.3 Å². The van der Waals surface area contributed by atoms with E-state index in [0.717, 1.165) is 26.8 Å². The summed E-state index contributed by atoms with van der Waals surface area (Å²) < 4.78 is 6.09. The van der Waals surface area contributed by atoms with Crippen LogP contribution in [-0.4, -0.2) is 16.0 Å². The van der Waals surface area contributed by atoms with Gasteiger partial charge >= 0.3 is 0 Å². The van der Waals surface area contributed by atoms with Crippen molar-refractivity contribution in [3.05, 3.63) is 89.3 Å². The van der Waals surface area contributed by atoms with Gasteiger partial charge in [-0.25, -0.2) is 0 Å². The number of carbonyl (C=O) groups is 1. The van der Waals surface area contributed by atoms with Gasteiger partial charge in [0.25, 0.3) is 0 Å². The summed E-state index contributed by atoms with van der Waals surface area (Å²) in [7, 11) is 0. The second-order valence-electron chi connectivity index (χ2n) is 6.88. The van der Waals surface area contributed by atoms with E-state index in [0.29, 0.717) is 22.0 Å². The van der Waals surface area contributed by atoms with E-state index in [9.17, 15) is 9.90 Å². The van der Waals surface area contributed by atoms with Crippen LogP contribution in [0.15, 0.2) is 83.4 Å². The van der Waals surface area contributed by atoms with Crippen LogP contribution in [0.5, 0.6) is 5.75 Å². The third-order valence-electron chi connectivity index (χ3n) is 4.90. The summed E-state index contributed by atoms with van der Waals surface area (Å²) >= 11 is 1.39. The summed E-state index contributed by atoms with van der Waals surface area (Å²) in [5, 5.41) is 14.6. The highest BCUT2D eigenvalue weighted by Gasteiger charge is 2.21. The highest BCUT2D eigenvalue weighted by molar-refractivity contribution is 7.21. The highest BCUT2D eigenvalue weighted by Crippen LogP contribution is 2.41. The number of carbonyl (C=O) groups excluding carboxylic acids is 1. The SMILES string of the molecule is Nc1cc(-c2ccc(-c3c(C(=O)c4ccccc4)sc4cc(O)ccc34)cc2)on1. The van der Waals surface area contributed by atoms with Crippen LogP contribution < -0.4 is 5.73 Å². The minimum Gasteiger partial charge on any atom is -0.508 e. The fourth-order valence-corrected chi connectivity index (χ4v) is 4.70. The van der Waals surface area contributed by atoms with Gasteiger partial charge in [0.15, 0.2) is 11.6 Å². The zero-order valence-corrected chi connectivity index (χ0v) is 16.5. The van der Waals surface area contributed by atoms with Crippen LogP contribution in [0.2, 0.25) is 0 Å². The van der Waals surface area contributed by atoms with Crippen LogP contribution in [0.1, 0.15) is 15.2 Å². The van der Waals surface area contributed by atoms with Crippen molar-refractivity contribution in [1.82, 2.24) is 5.16 Å². The Morgan fingerprint density at radius 1 is 0.933 bits per heavy atom. The molecule has 3 aromatic carbocycles. The number of hydrogen-bond acceptors (Lipinski definition) is 6. The Labute approximate surface area is 176 Å². The number of nitrogens with zero attached hydrogens (tertiary/aromatic N) is 1. The number of fused-ring (bicyclic) bond motifs is 1. The zero-order chi connectivity index (χ0) is 20.7. The zero-order valence-electron chi connectivity index (χ0n) is 15.7. The summed E-state index contributed by atoms with van der Waals surface area (Å²) in [4.78, 5) is 13.9. The number of anilines is 1. The molecular weight excluding hydrogens is 396 g/mol. The van der Waals surface area contributed by atoms with Gasteiger partial charge in [-0.2, -0.15) is 0 Å². The molecule has 0 aliphatic carbocycles. The van der Waals surface area contributed by atoms with Crippen molar-refractivity contribution in [1.29, 1.82) is 0 Å². The van der Waals surface area contributed by atoms with E-state index in [1.807, 2.05) is 60.7 Å². The highest BCUT2D eigenvalue weighted by atomic mass is 32.1. The molecule has 6 heteroatoms. The monoisotopic (exact) mass is 412 g/mol. The normalized spacial score (nSPS) is 11.1. The summed E-state index contributed by atoms with van der Waals surface area (Å²) in [6.45, 7) is 0. The van der Waals surface area contributed by atoms with E-state index in [4.69, 9.17) is 10.3 Å². The van der Waals surface area contributed by atoms with E-state index >= 15 is 0 Å². The van der Waals surface area contributed by atoms with Crippen LogP contribution >= 0.6 is 11.3 Å². The lowest BCUT2D eigenvalue weighted by atomic mass is 9.97. The first-order valence-corrected chi connectivity index (χ1v) is 10.1. The number of phenolic OH excluding ortho intramolecular Hbond substituents is 1. The molecule has 0 saturated heterocycles. The molecule has 0 radical (unpaired) electrons. The number of nitrogens with two attached hydrogens (primary N) is 1. The van der Waals surface area contributed by atoms with Crippen LogP contribution in [0, 0.1) is 0 Å². The maximum atomic E-state index is 13.3. The molecule has 0 fully saturated rings. The van der Waals surface area contributed by atoms with Gasteiger partial charge in [-0.15, -0.1) is 11.3 Å². The van der Waals surface area contributed by atoms with Gasteiger partial charge in [-0.1, -0.05) is 59.8 Å². The van der Waals surface area contributed by atoms with Gasteiger partial charge in [0.05, 0.1) is 4.88 Å². The molecule has 0 saturated carbocycles. The van der Waals surface area contributed by atoms with Crippen molar-refractivity contribution >= 4 is 33.0 Å². The van der Waals surface area contributed by atoms with Crippen LogP contribution in [-0.2, 0) is 0 Å². The number of hydrogen-bond donors (Lipinski definition) is 2.